The zero-order valence-electron chi connectivity index (χ0n) is 20.3. The largest absolute Gasteiger partial charge is 0.494 e. The number of nitrogens with zero attached hydrogens (tertiary/aromatic N) is 1. The van der Waals surface area contributed by atoms with Crippen molar-refractivity contribution in [2.45, 2.75) is 18.9 Å². The van der Waals surface area contributed by atoms with Crippen LogP contribution < -0.4 is 19.5 Å². The number of amides is 1. The first kappa shape index (κ1) is 23.3. The molecule has 36 heavy (non-hydrogen) atoms. The van der Waals surface area contributed by atoms with Crippen LogP contribution in [0.3, 0.4) is 0 Å². The van der Waals surface area contributed by atoms with Crippen molar-refractivity contribution in [1.82, 2.24) is 10.3 Å². The number of fused-ring (bicyclic) bond motifs is 1. The third-order valence-corrected chi connectivity index (χ3v) is 6.13. The number of hydrogen-bond acceptors (Lipinski definition) is 6. The first-order valence-corrected chi connectivity index (χ1v) is 11.6. The molecule has 0 saturated heterocycles. The molecular formula is C28H27N3O5. The van der Waals surface area contributed by atoms with Gasteiger partial charge in [-0.3, -0.25) is 4.79 Å². The first-order valence-electron chi connectivity index (χ1n) is 11.6. The molecule has 1 aromatic heterocycles. The highest BCUT2D eigenvalue weighted by atomic mass is 16.5. The number of rotatable bonds is 8. The molecule has 3 aromatic carbocycles. The number of H-pyrrole nitrogens is 1. The number of ether oxygens (including phenoxy) is 3. The average molecular weight is 486 g/mol. The van der Waals surface area contributed by atoms with Crippen molar-refractivity contribution in [2.75, 3.05) is 21.3 Å². The zero-order valence-corrected chi connectivity index (χ0v) is 20.3. The highest BCUT2D eigenvalue weighted by Gasteiger charge is 2.25. The summed E-state index contributed by atoms with van der Waals surface area (Å²) in [5.74, 6) is 1.24. The summed E-state index contributed by atoms with van der Waals surface area (Å²) in [6.07, 6.45) is 2.03. The highest BCUT2D eigenvalue weighted by Crippen LogP contribution is 2.41. The van der Waals surface area contributed by atoms with Gasteiger partial charge in [-0.05, 0) is 25.0 Å². The third kappa shape index (κ3) is 4.45. The van der Waals surface area contributed by atoms with E-state index in [0.29, 0.717) is 45.3 Å². The maximum atomic E-state index is 12.6. The molecule has 8 heteroatoms. The summed E-state index contributed by atoms with van der Waals surface area (Å²) in [5, 5.41) is 14.7. The van der Waals surface area contributed by atoms with Crippen molar-refractivity contribution in [2.24, 2.45) is 4.99 Å². The molecule has 0 unspecified atom stereocenters. The van der Waals surface area contributed by atoms with Gasteiger partial charge < -0.3 is 29.6 Å². The summed E-state index contributed by atoms with van der Waals surface area (Å²) in [4.78, 5) is 20.5. The standard InChI is InChI=1S/C28H27N3O5/c1-34-22-14-19(15-23(35-2)26(22)36-3)29-25(16-7-5-4-6-8-16)24-20-12-9-17(13-21(20)31-28(24)33)27(32)30-18-10-11-18/h4-9,12-15,18,31,33H,10-11H2,1-3H3,(H,30,32). The Morgan fingerprint density at radius 1 is 0.944 bits per heavy atom. The van der Waals surface area contributed by atoms with Crippen LogP contribution >= 0.6 is 0 Å². The molecule has 1 aliphatic rings. The van der Waals surface area contributed by atoms with Crippen LogP contribution in [0.1, 0.15) is 34.3 Å². The van der Waals surface area contributed by atoms with Crippen molar-refractivity contribution < 1.29 is 24.1 Å². The number of benzene rings is 3. The average Bonchev–Trinajstić information content (AvgIpc) is 3.66. The van der Waals surface area contributed by atoms with Crippen LogP contribution in [0.5, 0.6) is 23.1 Å². The topological polar surface area (TPSA) is 105 Å². The fourth-order valence-electron chi connectivity index (χ4n) is 4.18. The maximum Gasteiger partial charge on any atom is 0.251 e. The Morgan fingerprint density at radius 2 is 1.64 bits per heavy atom. The summed E-state index contributed by atoms with van der Waals surface area (Å²) < 4.78 is 16.4. The van der Waals surface area contributed by atoms with Gasteiger partial charge in [0.05, 0.1) is 38.3 Å². The van der Waals surface area contributed by atoms with E-state index < -0.39 is 0 Å². The van der Waals surface area contributed by atoms with E-state index in [1.54, 1.807) is 45.6 Å². The normalized spacial score (nSPS) is 13.5. The molecule has 5 rings (SSSR count). The van der Waals surface area contributed by atoms with Crippen LogP contribution in [0.25, 0.3) is 10.9 Å². The second kappa shape index (κ2) is 9.65. The van der Waals surface area contributed by atoms with Crippen LogP contribution in [0.4, 0.5) is 5.69 Å². The van der Waals surface area contributed by atoms with E-state index in [9.17, 15) is 9.90 Å². The summed E-state index contributed by atoms with van der Waals surface area (Å²) in [7, 11) is 4.64. The van der Waals surface area contributed by atoms with Gasteiger partial charge >= 0.3 is 0 Å². The van der Waals surface area contributed by atoms with E-state index in [4.69, 9.17) is 19.2 Å². The Labute approximate surface area is 208 Å². The lowest BCUT2D eigenvalue weighted by Crippen LogP contribution is -2.25. The Kier molecular flexibility index (Phi) is 6.25. The van der Waals surface area contributed by atoms with Gasteiger partial charge in [-0.25, -0.2) is 4.99 Å². The van der Waals surface area contributed by atoms with Crippen LogP contribution in [-0.4, -0.2) is 49.1 Å². The number of carbonyl (C=O) groups is 1. The molecule has 8 nitrogen and oxygen atoms in total. The Morgan fingerprint density at radius 3 is 2.25 bits per heavy atom. The molecule has 0 radical (unpaired) electrons. The number of aliphatic imine (C=N–C) groups is 1. The fourth-order valence-corrected chi connectivity index (χ4v) is 4.18. The molecule has 0 atom stereocenters. The third-order valence-electron chi connectivity index (χ3n) is 6.13. The minimum absolute atomic E-state index is 0.0419. The second-order valence-electron chi connectivity index (χ2n) is 8.57. The van der Waals surface area contributed by atoms with Gasteiger partial charge in [0.1, 0.15) is 0 Å². The van der Waals surface area contributed by atoms with Crippen molar-refractivity contribution >= 4 is 28.2 Å². The minimum atomic E-state index is -0.121. The summed E-state index contributed by atoms with van der Waals surface area (Å²) in [5.41, 5.74) is 3.60. The lowest BCUT2D eigenvalue weighted by Gasteiger charge is -2.14. The van der Waals surface area contributed by atoms with Crippen molar-refractivity contribution in [3.8, 4) is 23.1 Å². The molecule has 1 saturated carbocycles. The van der Waals surface area contributed by atoms with Crippen molar-refractivity contribution in [3.63, 3.8) is 0 Å². The molecule has 0 bridgehead atoms. The molecule has 3 N–H and O–H groups in total. The van der Waals surface area contributed by atoms with E-state index >= 15 is 0 Å². The molecular weight excluding hydrogens is 458 g/mol. The van der Waals surface area contributed by atoms with Crippen LogP contribution in [0.15, 0.2) is 65.7 Å². The monoisotopic (exact) mass is 485 g/mol. The molecule has 1 fully saturated rings. The maximum absolute atomic E-state index is 12.6. The van der Waals surface area contributed by atoms with Crippen LogP contribution in [-0.2, 0) is 0 Å². The van der Waals surface area contributed by atoms with E-state index in [2.05, 4.69) is 10.3 Å². The van der Waals surface area contributed by atoms with Gasteiger partial charge in [0.2, 0.25) is 5.75 Å². The number of carbonyl (C=O) groups excluding carboxylic acids is 1. The molecule has 0 spiro atoms. The molecule has 1 amide bonds. The van der Waals surface area contributed by atoms with E-state index in [1.165, 1.54) is 0 Å². The predicted molar refractivity (Wildman–Crippen MR) is 138 cm³/mol. The number of methoxy groups -OCH3 is 3. The summed E-state index contributed by atoms with van der Waals surface area (Å²) >= 11 is 0. The number of aromatic nitrogens is 1. The Balaban J connectivity index is 1.66. The van der Waals surface area contributed by atoms with Gasteiger partial charge in [-0.1, -0.05) is 36.4 Å². The number of hydrogen-bond donors (Lipinski definition) is 3. The first-order chi connectivity index (χ1) is 17.5. The number of aromatic hydroxyl groups is 1. The van der Waals surface area contributed by atoms with E-state index in [-0.39, 0.29) is 17.8 Å². The Bertz CT molecular complexity index is 1430. The molecule has 0 aliphatic heterocycles. The van der Waals surface area contributed by atoms with Crippen molar-refractivity contribution in [1.29, 1.82) is 0 Å². The smallest absolute Gasteiger partial charge is 0.251 e. The van der Waals surface area contributed by atoms with E-state index in [1.807, 2.05) is 36.4 Å². The zero-order chi connectivity index (χ0) is 25.2. The molecule has 4 aromatic rings. The van der Waals surface area contributed by atoms with Gasteiger partial charge in [-0.15, -0.1) is 0 Å². The van der Waals surface area contributed by atoms with Gasteiger partial charge in [-0.2, -0.15) is 0 Å². The van der Waals surface area contributed by atoms with Crippen molar-refractivity contribution in [3.05, 3.63) is 77.4 Å². The van der Waals surface area contributed by atoms with Crippen LogP contribution in [0, 0.1) is 0 Å². The SMILES string of the molecule is COc1cc(N=C(c2ccccc2)c2c(O)[nH]c3cc(C(=O)NC4CC4)ccc23)cc(OC)c1OC. The van der Waals surface area contributed by atoms with E-state index in [0.717, 1.165) is 23.8 Å². The lowest BCUT2D eigenvalue weighted by atomic mass is 10.00. The van der Waals surface area contributed by atoms with Crippen LogP contribution in [0.2, 0.25) is 0 Å². The minimum Gasteiger partial charge on any atom is -0.494 e. The van der Waals surface area contributed by atoms with Gasteiger partial charge in [0.25, 0.3) is 5.91 Å². The quantitative estimate of drug-likeness (QED) is 0.306. The highest BCUT2D eigenvalue weighted by molar-refractivity contribution is 6.22. The Hall–Kier alpha value is -4.46. The molecule has 1 aliphatic carbocycles. The van der Waals surface area contributed by atoms with Gasteiger partial charge in [0.15, 0.2) is 17.4 Å². The molecule has 184 valence electrons. The number of nitrogens with one attached hydrogen (secondary N) is 2. The molecule has 1 heterocycles. The fraction of sp³-hybridized carbons (Fsp3) is 0.214. The lowest BCUT2D eigenvalue weighted by molar-refractivity contribution is 0.0951. The summed E-state index contributed by atoms with van der Waals surface area (Å²) in [6.45, 7) is 0. The predicted octanol–water partition coefficient (Wildman–Crippen LogP) is 4.96. The van der Waals surface area contributed by atoms with Gasteiger partial charge in [0, 0.05) is 40.2 Å². The second-order valence-corrected chi connectivity index (χ2v) is 8.57. The summed E-state index contributed by atoms with van der Waals surface area (Å²) in [6, 6.07) is 18.7. The number of aromatic amines is 1.